The van der Waals surface area contributed by atoms with E-state index >= 15 is 0 Å². The summed E-state index contributed by atoms with van der Waals surface area (Å²) >= 11 is 5.61. The third kappa shape index (κ3) is 8.32. The van der Waals surface area contributed by atoms with Crippen LogP contribution < -0.4 is 37.7 Å². The first-order chi connectivity index (χ1) is 22.8. The summed E-state index contributed by atoms with van der Waals surface area (Å²) in [4.78, 5) is 63.5. The predicted octanol–water partition coefficient (Wildman–Crippen LogP) is 1.71. The largest absolute Gasteiger partial charge is 0.373 e. The first kappa shape index (κ1) is 34.6. The molecule has 0 aliphatic carbocycles. The van der Waals surface area contributed by atoms with Crippen molar-refractivity contribution in [1.29, 1.82) is 0 Å². The monoisotopic (exact) mass is 678 g/mol. The average Bonchev–Trinajstić information content (AvgIpc) is 3.78. The highest BCUT2D eigenvalue weighted by atomic mass is 35.5. The zero-order chi connectivity index (χ0) is 35.1. The predicted molar refractivity (Wildman–Crippen MR) is 182 cm³/mol. The van der Waals surface area contributed by atoms with E-state index in [0.717, 1.165) is 0 Å². The molecule has 18 heteroatoms. The summed E-state index contributed by atoms with van der Waals surface area (Å²) in [6, 6.07) is 6.04. The molecule has 17 nitrogen and oxygen atoms in total. The Morgan fingerprint density at radius 1 is 0.667 bits per heavy atom. The van der Waals surface area contributed by atoms with E-state index in [-0.39, 0.29) is 28.0 Å². The molecule has 0 aromatic carbocycles. The molecule has 0 radical (unpaired) electrons. The maximum atomic E-state index is 13.2. The molecule has 0 aliphatic heterocycles. The van der Waals surface area contributed by atoms with Gasteiger partial charge >= 0.3 is 0 Å². The highest BCUT2D eigenvalue weighted by Gasteiger charge is 2.20. The minimum absolute atomic E-state index is 0.195. The molecule has 4 aromatic heterocycles. The summed E-state index contributed by atoms with van der Waals surface area (Å²) in [5, 5.41) is 19.5. The Labute approximate surface area is 279 Å². The van der Waals surface area contributed by atoms with Crippen molar-refractivity contribution in [2.75, 3.05) is 34.4 Å². The van der Waals surface area contributed by atoms with Gasteiger partial charge in [-0.1, -0.05) is 18.2 Å². The van der Waals surface area contributed by atoms with Gasteiger partial charge in [0.05, 0.1) is 27.8 Å². The van der Waals surface area contributed by atoms with Crippen LogP contribution in [-0.2, 0) is 33.0 Å². The van der Waals surface area contributed by atoms with E-state index in [1.54, 1.807) is 68.2 Å². The van der Waals surface area contributed by atoms with E-state index in [1.165, 1.54) is 33.7 Å². The first-order valence-corrected chi connectivity index (χ1v) is 14.6. The van der Waals surface area contributed by atoms with Gasteiger partial charge in [-0.05, 0) is 24.3 Å². The maximum Gasteiger partial charge on any atom is 0.272 e. The number of nitrogens with zero attached hydrogens (tertiary/aromatic N) is 5. The van der Waals surface area contributed by atoms with Crippen molar-refractivity contribution in [2.45, 2.75) is 0 Å². The van der Waals surface area contributed by atoms with Gasteiger partial charge in [-0.15, -0.1) is 0 Å². The van der Waals surface area contributed by atoms with Crippen molar-refractivity contribution < 1.29 is 24.0 Å². The van der Waals surface area contributed by atoms with Gasteiger partial charge in [0.25, 0.3) is 29.5 Å². The van der Waals surface area contributed by atoms with Gasteiger partial charge in [-0.25, -0.2) is 0 Å². The van der Waals surface area contributed by atoms with Crippen LogP contribution in [0.2, 0.25) is 0 Å². The number of nitrogens with two attached hydrogens (primary N) is 1. The summed E-state index contributed by atoms with van der Waals surface area (Å²) < 4.78 is 6.20. The highest BCUT2D eigenvalue weighted by Crippen LogP contribution is 2.21. The number of amides is 5. The van der Waals surface area contributed by atoms with Crippen LogP contribution in [0.25, 0.3) is 0 Å². The number of nitrogens with one attached hydrogen (secondary N) is 6. The lowest BCUT2D eigenvalue weighted by Crippen LogP contribution is -2.32. The van der Waals surface area contributed by atoms with Crippen molar-refractivity contribution in [3.8, 4) is 0 Å². The van der Waals surface area contributed by atoms with E-state index < -0.39 is 23.6 Å². The second-order valence-corrected chi connectivity index (χ2v) is 11.1. The summed E-state index contributed by atoms with van der Waals surface area (Å²) in [6.07, 6.45) is 7.62. The second-order valence-electron chi connectivity index (χ2n) is 10.6. The fraction of sp³-hybridized carbons (Fsp3) is 0.200. The Bertz CT molecular complexity index is 1930. The fourth-order valence-corrected chi connectivity index (χ4v) is 4.72. The Morgan fingerprint density at radius 3 is 1.38 bits per heavy atom. The second kappa shape index (κ2) is 14.9. The maximum absolute atomic E-state index is 13.2. The average molecular weight is 679 g/mol. The number of hydrazone groups is 1. The van der Waals surface area contributed by atoms with Gasteiger partial charge in [0.15, 0.2) is 0 Å². The van der Waals surface area contributed by atoms with Crippen LogP contribution >= 0.6 is 11.6 Å². The standard InChI is InChI=1S/C30H35ClN12O5/c1-17(31)26(44)36-18-9-23(41(3)12-18)28(46)38-20-11-25(43(5)14-20)30(48)39-21-10-24(42(4)15-21)29(47)37-19-8-22(40(2)13-19)27(45)34-7-6-33-16-35-32/h8-16H,1,6-7,32H2,2-5H3,(H,33,35)(H,34,45)(H,36,44)(H,37,47)(H,38,46)(H,39,48). The summed E-state index contributed by atoms with van der Waals surface area (Å²) in [6.45, 7) is 4.13. The molecule has 48 heavy (non-hydrogen) atoms. The van der Waals surface area contributed by atoms with E-state index in [2.05, 4.69) is 43.6 Å². The zero-order valence-electron chi connectivity index (χ0n) is 26.6. The molecule has 0 saturated heterocycles. The third-order valence-electron chi connectivity index (χ3n) is 6.95. The molecule has 0 aliphatic rings. The lowest BCUT2D eigenvalue weighted by molar-refractivity contribution is -0.112. The molecule has 0 spiro atoms. The van der Waals surface area contributed by atoms with Crippen LogP contribution in [0.15, 0.2) is 65.8 Å². The number of aryl methyl sites for hydroxylation is 4. The van der Waals surface area contributed by atoms with Gasteiger partial charge in [0, 0.05) is 66.1 Å². The third-order valence-corrected chi connectivity index (χ3v) is 7.12. The lowest BCUT2D eigenvalue weighted by Gasteiger charge is -2.05. The molecule has 5 amide bonds. The smallest absolute Gasteiger partial charge is 0.272 e. The molecule has 8 N–H and O–H groups in total. The van der Waals surface area contributed by atoms with Crippen molar-refractivity contribution in [2.24, 2.45) is 39.1 Å². The quantitative estimate of drug-likeness (QED) is 0.0277. The molecular formula is C30H35ClN12O5. The van der Waals surface area contributed by atoms with Crippen LogP contribution in [0.3, 0.4) is 0 Å². The van der Waals surface area contributed by atoms with Crippen molar-refractivity contribution >= 4 is 70.2 Å². The molecule has 4 heterocycles. The topological polar surface area (TPSA) is 216 Å². The number of hydrogen-bond acceptors (Lipinski definition) is 7. The normalized spacial score (nSPS) is 10.9. The molecule has 0 saturated carbocycles. The van der Waals surface area contributed by atoms with Crippen LogP contribution in [0.4, 0.5) is 22.7 Å². The molecule has 4 rings (SSSR count). The minimum Gasteiger partial charge on any atom is -0.373 e. The lowest BCUT2D eigenvalue weighted by atomic mass is 10.3. The fourth-order valence-electron chi connectivity index (χ4n) is 4.67. The summed E-state index contributed by atoms with van der Waals surface area (Å²) in [7, 11) is 6.61. The molecular weight excluding hydrogens is 644 g/mol. The van der Waals surface area contributed by atoms with Gasteiger partial charge in [-0.2, -0.15) is 5.10 Å². The van der Waals surface area contributed by atoms with Crippen LogP contribution in [0, 0.1) is 0 Å². The van der Waals surface area contributed by atoms with Gasteiger partial charge in [0.2, 0.25) is 0 Å². The Morgan fingerprint density at radius 2 is 1.02 bits per heavy atom. The summed E-state index contributed by atoms with van der Waals surface area (Å²) in [5.74, 6) is 2.68. The van der Waals surface area contributed by atoms with Gasteiger partial charge in [0.1, 0.15) is 29.1 Å². The van der Waals surface area contributed by atoms with Crippen molar-refractivity contribution in [3.05, 3.63) is 83.4 Å². The van der Waals surface area contributed by atoms with Crippen LogP contribution in [-0.4, -0.2) is 67.2 Å². The van der Waals surface area contributed by atoms with E-state index in [1.807, 2.05) is 0 Å². The summed E-state index contributed by atoms with van der Waals surface area (Å²) in [5.41, 5.74) is 2.55. The number of aromatic nitrogens is 4. The van der Waals surface area contributed by atoms with Crippen molar-refractivity contribution in [3.63, 3.8) is 0 Å². The van der Waals surface area contributed by atoms with Crippen LogP contribution in [0.1, 0.15) is 42.0 Å². The number of hydrogen-bond donors (Lipinski definition) is 7. The molecule has 0 atom stereocenters. The SMILES string of the molecule is C=C(Cl)C(=O)Nc1cc(C(=O)Nc2cc(C(=O)Nc3cc(C(=O)Nc4cc(C(=O)NCCNC=NN)n(C)c4)n(C)c3)n(C)c2)n(C)c1. The highest BCUT2D eigenvalue weighted by molar-refractivity contribution is 6.43. The number of carbonyl (C=O) groups is 5. The van der Waals surface area contributed by atoms with Crippen LogP contribution in [0.5, 0.6) is 0 Å². The first-order valence-electron chi connectivity index (χ1n) is 14.3. The van der Waals surface area contributed by atoms with Crippen molar-refractivity contribution in [1.82, 2.24) is 28.9 Å². The van der Waals surface area contributed by atoms with E-state index in [0.29, 0.717) is 41.5 Å². The van der Waals surface area contributed by atoms with E-state index in [4.69, 9.17) is 17.4 Å². The van der Waals surface area contributed by atoms with Gasteiger partial charge in [-0.3, -0.25) is 24.0 Å². The minimum atomic E-state index is -0.592. The number of halogens is 1. The Balaban J connectivity index is 1.37. The molecule has 252 valence electrons. The molecule has 0 fully saturated rings. The number of rotatable bonds is 13. The number of anilines is 4. The number of carbonyl (C=O) groups excluding carboxylic acids is 5. The molecule has 0 bridgehead atoms. The van der Waals surface area contributed by atoms with E-state index in [9.17, 15) is 24.0 Å². The molecule has 4 aromatic rings. The Hall–Kier alpha value is -6.23. The molecule has 0 unspecified atom stereocenters. The zero-order valence-corrected chi connectivity index (χ0v) is 27.3. The Kier molecular flexibility index (Phi) is 10.8. The van der Waals surface area contributed by atoms with Gasteiger partial charge < -0.3 is 56.0 Å².